The number of para-hydroxylation sites is 2. The molecule has 0 unspecified atom stereocenters. The lowest BCUT2D eigenvalue weighted by atomic mass is 10.1. The van der Waals surface area contributed by atoms with Crippen molar-refractivity contribution in [3.05, 3.63) is 41.5 Å². The number of nitriles is 1. The number of hydrogen-bond acceptors (Lipinski definition) is 4. The largest absolute Gasteiger partial charge is 0.341 e. The van der Waals surface area contributed by atoms with Crippen LogP contribution in [0, 0.1) is 30.1 Å². The van der Waals surface area contributed by atoms with Crippen molar-refractivity contribution in [3.8, 4) is 6.07 Å². The second kappa shape index (κ2) is 8.87. The first-order valence-electron chi connectivity index (χ1n) is 10.0. The topological polar surface area (TPSA) is 61.4 Å². The summed E-state index contributed by atoms with van der Waals surface area (Å²) in [5, 5.41) is 10.6. The Morgan fingerprint density at radius 3 is 2.48 bits per heavy atom. The number of amides is 1. The molecule has 0 N–H and O–H groups in total. The van der Waals surface area contributed by atoms with Crippen LogP contribution >= 0.6 is 11.8 Å². The number of thioether (sulfide) groups is 1. The van der Waals surface area contributed by atoms with Gasteiger partial charge in [0.15, 0.2) is 5.65 Å². The summed E-state index contributed by atoms with van der Waals surface area (Å²) < 4.78 is 2.01. The molecule has 0 saturated carbocycles. The van der Waals surface area contributed by atoms with Crippen molar-refractivity contribution in [1.29, 1.82) is 5.26 Å². The number of fused-ring (bicyclic) bond motifs is 3. The van der Waals surface area contributed by atoms with Crippen LogP contribution in [-0.4, -0.2) is 39.0 Å². The van der Waals surface area contributed by atoms with E-state index in [1.165, 1.54) is 11.8 Å². The van der Waals surface area contributed by atoms with Crippen molar-refractivity contribution < 1.29 is 4.79 Å². The summed E-state index contributed by atoms with van der Waals surface area (Å²) in [6, 6.07) is 12.1. The van der Waals surface area contributed by atoms with E-state index in [1.807, 2.05) is 46.6 Å². The highest BCUT2D eigenvalue weighted by molar-refractivity contribution is 7.99. The predicted molar refractivity (Wildman–Crippen MR) is 119 cm³/mol. The molecule has 3 aromatic rings. The van der Waals surface area contributed by atoms with Crippen LogP contribution in [0.1, 0.15) is 38.8 Å². The fourth-order valence-corrected chi connectivity index (χ4v) is 4.57. The minimum Gasteiger partial charge on any atom is -0.341 e. The fourth-order valence-electron chi connectivity index (χ4n) is 3.55. The summed E-state index contributed by atoms with van der Waals surface area (Å²) in [6.07, 6.45) is 0. The van der Waals surface area contributed by atoms with Gasteiger partial charge >= 0.3 is 0 Å². The summed E-state index contributed by atoms with van der Waals surface area (Å²) in [6.45, 7) is 12.0. The first-order valence-corrected chi connectivity index (χ1v) is 11.0. The highest BCUT2D eigenvalue weighted by Crippen LogP contribution is 2.29. The number of carbonyl (C=O) groups excluding carboxylic acids is 1. The Hall–Kier alpha value is -2.52. The van der Waals surface area contributed by atoms with Gasteiger partial charge in [0.25, 0.3) is 0 Å². The van der Waals surface area contributed by atoms with Crippen LogP contribution in [0.15, 0.2) is 35.4 Å². The molecule has 0 aliphatic rings. The van der Waals surface area contributed by atoms with Crippen molar-refractivity contribution in [3.63, 3.8) is 0 Å². The van der Waals surface area contributed by atoms with Gasteiger partial charge in [-0.2, -0.15) is 5.26 Å². The number of carbonyl (C=O) groups is 1. The van der Waals surface area contributed by atoms with E-state index in [0.29, 0.717) is 28.8 Å². The summed E-state index contributed by atoms with van der Waals surface area (Å²) in [4.78, 5) is 19.6. The molecule has 1 aromatic carbocycles. The summed E-state index contributed by atoms with van der Waals surface area (Å²) >= 11 is 1.52. The molecule has 3 rings (SSSR count). The van der Waals surface area contributed by atoms with Gasteiger partial charge in [-0.3, -0.25) is 9.20 Å². The number of benzene rings is 1. The van der Waals surface area contributed by atoms with Gasteiger partial charge in [0.05, 0.1) is 27.4 Å². The quantitative estimate of drug-likeness (QED) is 0.522. The Labute approximate surface area is 176 Å². The zero-order valence-electron chi connectivity index (χ0n) is 17.8. The van der Waals surface area contributed by atoms with E-state index in [9.17, 15) is 10.1 Å². The molecule has 0 atom stereocenters. The van der Waals surface area contributed by atoms with Crippen molar-refractivity contribution in [2.24, 2.45) is 11.8 Å². The number of imidazole rings is 1. The molecule has 2 heterocycles. The van der Waals surface area contributed by atoms with Gasteiger partial charge in [0.1, 0.15) is 6.07 Å². The number of aryl methyl sites for hydroxylation is 1. The van der Waals surface area contributed by atoms with Gasteiger partial charge in [-0.1, -0.05) is 51.6 Å². The molecule has 0 aliphatic carbocycles. The lowest BCUT2D eigenvalue weighted by molar-refractivity contribution is -0.129. The third kappa shape index (κ3) is 4.56. The zero-order valence-corrected chi connectivity index (χ0v) is 18.6. The van der Waals surface area contributed by atoms with Crippen LogP contribution in [-0.2, 0) is 4.79 Å². The highest BCUT2D eigenvalue weighted by atomic mass is 32.2. The van der Waals surface area contributed by atoms with Crippen molar-refractivity contribution in [1.82, 2.24) is 14.3 Å². The average Bonchev–Trinajstić information content (AvgIpc) is 3.04. The molecule has 0 bridgehead atoms. The third-order valence-electron chi connectivity index (χ3n) is 4.72. The van der Waals surface area contributed by atoms with E-state index in [4.69, 9.17) is 0 Å². The molecule has 152 valence electrons. The standard InChI is InChI=1S/C23H28N4OS/c1-15(2)12-26(13-16(3)4)21(28)14-29-22-10-17(5)18(11-24)23-25-19-8-6-7-9-20(19)27(22)23/h6-10,15-16H,12-14H2,1-5H3. The maximum atomic E-state index is 13.0. The van der Waals surface area contributed by atoms with Gasteiger partial charge in [-0.05, 0) is 42.5 Å². The van der Waals surface area contributed by atoms with Crippen LogP contribution < -0.4 is 0 Å². The Morgan fingerprint density at radius 1 is 1.21 bits per heavy atom. The Kier molecular flexibility index (Phi) is 6.49. The SMILES string of the molecule is Cc1cc(SCC(=O)N(CC(C)C)CC(C)C)n2c(nc3ccccc32)c1C#N. The molecule has 0 saturated heterocycles. The monoisotopic (exact) mass is 408 g/mol. The molecular weight excluding hydrogens is 380 g/mol. The minimum atomic E-state index is 0.150. The van der Waals surface area contributed by atoms with Crippen molar-refractivity contribution in [2.75, 3.05) is 18.8 Å². The van der Waals surface area contributed by atoms with Crippen LogP contribution in [0.4, 0.5) is 0 Å². The minimum absolute atomic E-state index is 0.150. The second-order valence-electron chi connectivity index (χ2n) is 8.29. The molecule has 5 nitrogen and oxygen atoms in total. The maximum Gasteiger partial charge on any atom is 0.233 e. The van der Waals surface area contributed by atoms with Crippen molar-refractivity contribution >= 4 is 34.3 Å². The number of hydrogen-bond donors (Lipinski definition) is 0. The van der Waals surface area contributed by atoms with E-state index < -0.39 is 0 Å². The van der Waals surface area contributed by atoms with E-state index in [-0.39, 0.29) is 5.91 Å². The van der Waals surface area contributed by atoms with Gasteiger partial charge in [-0.25, -0.2) is 4.98 Å². The lowest BCUT2D eigenvalue weighted by Gasteiger charge is -2.26. The van der Waals surface area contributed by atoms with Gasteiger partial charge in [0, 0.05) is 13.1 Å². The molecule has 2 aromatic heterocycles. The molecule has 1 amide bonds. The fraction of sp³-hybridized carbons (Fsp3) is 0.435. The van der Waals surface area contributed by atoms with Crippen molar-refractivity contribution in [2.45, 2.75) is 39.6 Å². The maximum absolute atomic E-state index is 13.0. The van der Waals surface area contributed by atoms with Crippen LogP contribution in [0.3, 0.4) is 0 Å². The Morgan fingerprint density at radius 2 is 1.86 bits per heavy atom. The predicted octanol–water partition coefficient (Wildman–Crippen LogP) is 4.90. The van der Waals surface area contributed by atoms with Gasteiger partial charge in [0.2, 0.25) is 5.91 Å². The Bertz CT molecular complexity index is 1070. The summed E-state index contributed by atoms with van der Waals surface area (Å²) in [5.41, 5.74) is 3.92. The lowest BCUT2D eigenvalue weighted by Crippen LogP contribution is -2.38. The molecule has 0 fully saturated rings. The van der Waals surface area contributed by atoms with E-state index in [2.05, 4.69) is 38.7 Å². The molecule has 6 heteroatoms. The third-order valence-corrected chi connectivity index (χ3v) is 5.71. The van der Waals surface area contributed by atoms with Gasteiger partial charge < -0.3 is 4.90 Å². The van der Waals surface area contributed by atoms with Crippen LogP contribution in [0.2, 0.25) is 0 Å². The second-order valence-corrected chi connectivity index (χ2v) is 9.28. The number of aromatic nitrogens is 2. The highest BCUT2D eigenvalue weighted by Gasteiger charge is 2.19. The van der Waals surface area contributed by atoms with E-state index in [0.717, 1.165) is 34.7 Å². The zero-order chi connectivity index (χ0) is 21.1. The molecular formula is C23H28N4OS. The number of rotatable bonds is 7. The molecule has 0 spiro atoms. The smallest absolute Gasteiger partial charge is 0.233 e. The van der Waals surface area contributed by atoms with Crippen LogP contribution in [0.5, 0.6) is 0 Å². The summed E-state index contributed by atoms with van der Waals surface area (Å²) in [5.74, 6) is 1.39. The average molecular weight is 409 g/mol. The van der Waals surface area contributed by atoms with Gasteiger partial charge in [-0.15, -0.1) is 0 Å². The number of nitrogens with zero attached hydrogens (tertiary/aromatic N) is 4. The van der Waals surface area contributed by atoms with E-state index >= 15 is 0 Å². The number of pyridine rings is 1. The molecule has 29 heavy (non-hydrogen) atoms. The van der Waals surface area contributed by atoms with Crippen LogP contribution in [0.25, 0.3) is 16.7 Å². The molecule has 0 aliphatic heterocycles. The molecule has 0 radical (unpaired) electrons. The summed E-state index contributed by atoms with van der Waals surface area (Å²) in [7, 11) is 0. The Balaban J connectivity index is 1.96. The van der Waals surface area contributed by atoms with E-state index in [1.54, 1.807) is 0 Å². The first-order chi connectivity index (χ1) is 13.8. The normalized spacial score (nSPS) is 11.5. The first kappa shape index (κ1) is 21.2.